The molecule has 5 rings (SSSR count). The quantitative estimate of drug-likeness (QED) is 0.756. The second kappa shape index (κ2) is 8.07. The van der Waals surface area contributed by atoms with E-state index in [-0.39, 0.29) is 17.6 Å². The van der Waals surface area contributed by atoms with Crippen molar-refractivity contribution in [2.24, 2.45) is 0 Å². The lowest BCUT2D eigenvalue weighted by atomic mass is 10.1. The third kappa shape index (κ3) is 4.08. The number of amides is 2. The Bertz CT molecular complexity index is 1020. The Kier molecular flexibility index (Phi) is 5.25. The molecular weight excluding hydrogens is 419 g/mol. The Balaban J connectivity index is 1.19. The van der Waals surface area contributed by atoms with Gasteiger partial charge in [0.2, 0.25) is 11.8 Å². The van der Waals surface area contributed by atoms with Crippen LogP contribution in [0.5, 0.6) is 11.5 Å². The van der Waals surface area contributed by atoms with Crippen LogP contribution in [0.2, 0.25) is 0 Å². The number of hydrogen-bond acceptors (Lipinski definition) is 5. The third-order valence-corrected chi connectivity index (χ3v) is 7.23. The molecule has 0 aromatic heterocycles. The maximum atomic E-state index is 13.9. The number of carbonyl (C=O) groups is 2. The smallest absolute Gasteiger partial charge is 0.251 e. The van der Waals surface area contributed by atoms with Gasteiger partial charge in [0.1, 0.15) is 11.9 Å². The molecule has 1 aliphatic carbocycles. The van der Waals surface area contributed by atoms with E-state index in [1.54, 1.807) is 36.4 Å². The molecule has 162 valence electrons. The molecule has 0 radical (unpaired) electrons. The van der Waals surface area contributed by atoms with Gasteiger partial charge in [0, 0.05) is 30.3 Å². The monoisotopic (exact) mass is 442 g/mol. The van der Waals surface area contributed by atoms with E-state index < -0.39 is 17.1 Å². The molecule has 0 unspecified atom stereocenters. The highest BCUT2D eigenvalue weighted by Crippen LogP contribution is 2.47. The van der Waals surface area contributed by atoms with E-state index in [2.05, 4.69) is 10.6 Å². The van der Waals surface area contributed by atoms with Crippen LogP contribution >= 0.6 is 11.8 Å². The standard InChI is InChI=1S/C23H23FN2O4S/c24-16-6-2-1-5-14(16)11-20-22(28)26-17(13-31-20)21(27)25-15-7-8-18-19(12-15)30-23(29-18)9-3-4-10-23/h1-2,5-8,12,17,20H,3-4,9-11,13H2,(H,25,27)(H,26,28)/t17-,20-/m0/s1. The van der Waals surface area contributed by atoms with Gasteiger partial charge in [0.25, 0.3) is 5.79 Å². The highest BCUT2D eigenvalue weighted by atomic mass is 32.2. The van der Waals surface area contributed by atoms with Crippen LogP contribution in [0, 0.1) is 5.82 Å². The normalized spacial score (nSPS) is 23.6. The maximum absolute atomic E-state index is 13.9. The largest absolute Gasteiger partial charge is 0.448 e. The summed E-state index contributed by atoms with van der Waals surface area (Å²) < 4.78 is 25.9. The number of hydrogen-bond donors (Lipinski definition) is 2. The zero-order chi connectivity index (χ0) is 21.4. The summed E-state index contributed by atoms with van der Waals surface area (Å²) in [7, 11) is 0. The summed E-state index contributed by atoms with van der Waals surface area (Å²) in [6.07, 6.45) is 4.18. The van der Waals surface area contributed by atoms with Crippen molar-refractivity contribution in [3.63, 3.8) is 0 Å². The van der Waals surface area contributed by atoms with Gasteiger partial charge < -0.3 is 20.1 Å². The number of benzene rings is 2. The lowest BCUT2D eigenvalue weighted by Crippen LogP contribution is -2.52. The molecule has 2 atom stereocenters. The minimum absolute atomic E-state index is 0.256. The summed E-state index contributed by atoms with van der Waals surface area (Å²) in [5.74, 6) is 0.325. The molecule has 2 amide bonds. The molecule has 2 aliphatic heterocycles. The lowest BCUT2D eigenvalue weighted by Gasteiger charge is -2.28. The molecule has 1 spiro atoms. The van der Waals surface area contributed by atoms with Crippen molar-refractivity contribution in [1.82, 2.24) is 5.32 Å². The van der Waals surface area contributed by atoms with Crippen molar-refractivity contribution in [2.75, 3.05) is 11.1 Å². The fourth-order valence-corrected chi connectivity index (χ4v) is 5.45. The highest BCUT2D eigenvalue weighted by Gasteiger charge is 2.44. The number of fused-ring (bicyclic) bond motifs is 1. The third-order valence-electron chi connectivity index (χ3n) is 5.92. The number of anilines is 1. The van der Waals surface area contributed by atoms with Crippen LogP contribution in [0.15, 0.2) is 42.5 Å². The second-order valence-electron chi connectivity index (χ2n) is 8.15. The molecular formula is C23H23FN2O4S. The first kappa shape index (κ1) is 20.2. The number of nitrogens with one attached hydrogen (secondary N) is 2. The van der Waals surface area contributed by atoms with Crippen molar-refractivity contribution in [3.8, 4) is 11.5 Å². The van der Waals surface area contributed by atoms with Crippen LogP contribution in [0.25, 0.3) is 0 Å². The maximum Gasteiger partial charge on any atom is 0.251 e. The van der Waals surface area contributed by atoms with E-state index in [0.29, 0.717) is 34.9 Å². The predicted molar refractivity (Wildman–Crippen MR) is 116 cm³/mol. The van der Waals surface area contributed by atoms with Crippen LogP contribution in [-0.2, 0) is 16.0 Å². The van der Waals surface area contributed by atoms with Gasteiger partial charge in [-0.2, -0.15) is 0 Å². The Labute approximate surface area is 183 Å². The summed E-state index contributed by atoms with van der Waals surface area (Å²) in [5, 5.41) is 5.20. The minimum atomic E-state index is -0.652. The Morgan fingerprint density at radius 2 is 1.94 bits per heavy atom. The molecule has 2 aromatic carbocycles. The van der Waals surface area contributed by atoms with Gasteiger partial charge in [-0.3, -0.25) is 9.59 Å². The summed E-state index contributed by atoms with van der Waals surface area (Å²) in [4.78, 5) is 25.2. The fraction of sp³-hybridized carbons (Fsp3) is 0.391. The lowest BCUT2D eigenvalue weighted by molar-refractivity contribution is -0.126. The van der Waals surface area contributed by atoms with Crippen LogP contribution in [0.4, 0.5) is 10.1 Å². The summed E-state index contributed by atoms with van der Waals surface area (Å²) in [6, 6.07) is 11.1. The van der Waals surface area contributed by atoms with Gasteiger partial charge in [-0.05, 0) is 43.0 Å². The number of halogens is 1. The Hall–Kier alpha value is -2.74. The van der Waals surface area contributed by atoms with Crippen molar-refractivity contribution in [3.05, 3.63) is 53.8 Å². The first-order valence-corrected chi connectivity index (χ1v) is 11.5. The average molecular weight is 443 g/mol. The molecule has 6 nitrogen and oxygen atoms in total. The number of rotatable bonds is 4. The summed E-state index contributed by atoms with van der Waals surface area (Å²) in [6.45, 7) is 0. The zero-order valence-corrected chi connectivity index (χ0v) is 17.7. The van der Waals surface area contributed by atoms with E-state index in [0.717, 1.165) is 25.7 Å². The van der Waals surface area contributed by atoms with Crippen molar-refractivity contribution in [2.45, 2.75) is 49.2 Å². The van der Waals surface area contributed by atoms with Crippen molar-refractivity contribution in [1.29, 1.82) is 0 Å². The van der Waals surface area contributed by atoms with Crippen LogP contribution < -0.4 is 20.1 Å². The topological polar surface area (TPSA) is 76.7 Å². The van der Waals surface area contributed by atoms with E-state index in [1.165, 1.54) is 17.8 Å². The minimum Gasteiger partial charge on any atom is -0.448 e. The molecule has 2 heterocycles. The predicted octanol–water partition coefficient (Wildman–Crippen LogP) is 3.65. The summed E-state index contributed by atoms with van der Waals surface area (Å²) in [5.41, 5.74) is 1.09. The van der Waals surface area contributed by atoms with Gasteiger partial charge >= 0.3 is 0 Å². The van der Waals surface area contributed by atoms with Crippen LogP contribution in [0.3, 0.4) is 0 Å². The Morgan fingerprint density at radius 1 is 1.16 bits per heavy atom. The van der Waals surface area contributed by atoms with E-state index >= 15 is 0 Å². The molecule has 1 saturated heterocycles. The number of carbonyl (C=O) groups excluding carboxylic acids is 2. The van der Waals surface area contributed by atoms with Gasteiger partial charge in [0.15, 0.2) is 11.5 Å². The van der Waals surface area contributed by atoms with Crippen molar-refractivity contribution >= 4 is 29.3 Å². The summed E-state index contributed by atoms with van der Waals surface area (Å²) >= 11 is 1.37. The fourth-order valence-electron chi connectivity index (χ4n) is 4.27. The van der Waals surface area contributed by atoms with Gasteiger partial charge in [-0.25, -0.2) is 4.39 Å². The van der Waals surface area contributed by atoms with Gasteiger partial charge in [-0.15, -0.1) is 11.8 Å². The van der Waals surface area contributed by atoms with Gasteiger partial charge in [-0.1, -0.05) is 18.2 Å². The van der Waals surface area contributed by atoms with E-state index in [9.17, 15) is 14.0 Å². The average Bonchev–Trinajstić information content (AvgIpc) is 3.36. The van der Waals surface area contributed by atoms with Crippen molar-refractivity contribution < 1.29 is 23.5 Å². The molecule has 8 heteroatoms. The van der Waals surface area contributed by atoms with Crippen LogP contribution in [0.1, 0.15) is 31.2 Å². The Morgan fingerprint density at radius 3 is 2.71 bits per heavy atom. The van der Waals surface area contributed by atoms with Gasteiger partial charge in [0.05, 0.1) is 5.25 Å². The zero-order valence-electron chi connectivity index (χ0n) is 16.9. The highest BCUT2D eigenvalue weighted by molar-refractivity contribution is 8.00. The molecule has 3 aliphatic rings. The molecule has 2 fully saturated rings. The molecule has 0 bridgehead atoms. The molecule has 31 heavy (non-hydrogen) atoms. The first-order chi connectivity index (χ1) is 15.0. The van der Waals surface area contributed by atoms with E-state index in [1.807, 2.05) is 0 Å². The SMILES string of the molecule is O=C(Nc1ccc2c(c1)OC1(CCCC1)O2)[C@@H]1CS[C@@H](Cc2ccccc2F)C(=O)N1. The van der Waals surface area contributed by atoms with E-state index in [4.69, 9.17) is 9.47 Å². The first-order valence-electron chi connectivity index (χ1n) is 10.5. The van der Waals surface area contributed by atoms with Crippen LogP contribution in [-0.4, -0.2) is 34.6 Å². The number of ether oxygens (including phenoxy) is 2. The molecule has 2 aromatic rings. The molecule has 2 N–H and O–H groups in total. The second-order valence-corrected chi connectivity index (χ2v) is 9.39. The molecule has 1 saturated carbocycles. The number of thioether (sulfide) groups is 1.